The summed E-state index contributed by atoms with van der Waals surface area (Å²) < 4.78 is 0. The summed E-state index contributed by atoms with van der Waals surface area (Å²) in [5.41, 5.74) is 2.65. The van der Waals surface area contributed by atoms with Gasteiger partial charge < -0.3 is 10.2 Å². The average molecular weight is 294 g/mol. The Hall–Kier alpha value is -1.90. The van der Waals surface area contributed by atoms with Crippen LogP contribution in [0.15, 0.2) is 48.5 Å². The first-order valence-corrected chi connectivity index (χ1v) is 7.99. The van der Waals surface area contributed by atoms with Crippen molar-refractivity contribution < 1.29 is 10.2 Å². The molecule has 0 amide bonds. The van der Waals surface area contributed by atoms with Gasteiger partial charge in [-0.1, -0.05) is 48.5 Å². The molecule has 2 N–H and O–H groups in total. The first-order chi connectivity index (χ1) is 10.9. The topological polar surface area (TPSA) is 40.5 Å². The molecule has 0 spiro atoms. The van der Waals surface area contributed by atoms with Gasteiger partial charge in [0.2, 0.25) is 0 Å². The van der Waals surface area contributed by atoms with Crippen molar-refractivity contribution >= 4 is 21.5 Å². The Bertz CT molecular complexity index is 654. The van der Waals surface area contributed by atoms with Gasteiger partial charge in [0.25, 0.3) is 0 Å². The second-order valence-corrected chi connectivity index (χ2v) is 5.70. The Morgan fingerprint density at radius 2 is 0.864 bits per heavy atom. The maximum absolute atomic E-state index is 9.21. The number of hydrogen-bond donors (Lipinski definition) is 2. The first-order valence-electron chi connectivity index (χ1n) is 7.99. The van der Waals surface area contributed by atoms with Crippen LogP contribution in [-0.2, 0) is 12.8 Å². The third-order valence-electron chi connectivity index (χ3n) is 4.32. The van der Waals surface area contributed by atoms with Gasteiger partial charge in [0.05, 0.1) is 0 Å². The van der Waals surface area contributed by atoms with E-state index in [1.54, 1.807) is 0 Å². The summed E-state index contributed by atoms with van der Waals surface area (Å²) in [5.74, 6) is 0. The number of aliphatic hydroxyl groups excluding tert-OH is 2. The van der Waals surface area contributed by atoms with E-state index in [2.05, 4.69) is 48.5 Å². The predicted molar refractivity (Wildman–Crippen MR) is 92.3 cm³/mol. The third-order valence-corrected chi connectivity index (χ3v) is 4.32. The third kappa shape index (κ3) is 2.72. The van der Waals surface area contributed by atoms with Crippen molar-refractivity contribution in [1.82, 2.24) is 0 Å². The van der Waals surface area contributed by atoms with E-state index in [1.807, 2.05) is 0 Å². The van der Waals surface area contributed by atoms with Crippen LogP contribution < -0.4 is 0 Å². The molecular formula is C20H22O2. The number of hydrogen-bond acceptors (Lipinski definition) is 2. The molecule has 3 aromatic carbocycles. The van der Waals surface area contributed by atoms with Gasteiger partial charge in [-0.25, -0.2) is 0 Å². The van der Waals surface area contributed by atoms with Crippen LogP contribution in [0.2, 0.25) is 0 Å². The quantitative estimate of drug-likeness (QED) is 0.678. The van der Waals surface area contributed by atoms with Crippen LogP contribution in [-0.4, -0.2) is 23.4 Å². The summed E-state index contributed by atoms with van der Waals surface area (Å²) in [6, 6.07) is 17.0. The summed E-state index contributed by atoms with van der Waals surface area (Å²) >= 11 is 0. The van der Waals surface area contributed by atoms with Crippen LogP contribution in [0.5, 0.6) is 0 Å². The van der Waals surface area contributed by atoms with Crippen molar-refractivity contribution in [1.29, 1.82) is 0 Å². The zero-order chi connectivity index (χ0) is 15.4. The monoisotopic (exact) mass is 294 g/mol. The van der Waals surface area contributed by atoms with Gasteiger partial charge >= 0.3 is 0 Å². The first kappa shape index (κ1) is 15.0. The van der Waals surface area contributed by atoms with Crippen molar-refractivity contribution in [2.45, 2.75) is 25.7 Å². The van der Waals surface area contributed by atoms with E-state index < -0.39 is 0 Å². The molecule has 22 heavy (non-hydrogen) atoms. The predicted octanol–water partition coefficient (Wildman–Crippen LogP) is 3.84. The molecule has 2 nitrogen and oxygen atoms in total. The smallest absolute Gasteiger partial charge is 0.0434 e. The summed E-state index contributed by atoms with van der Waals surface area (Å²) in [6.45, 7) is 0.434. The van der Waals surface area contributed by atoms with E-state index in [0.717, 1.165) is 25.7 Å². The summed E-state index contributed by atoms with van der Waals surface area (Å²) in [5, 5.41) is 23.6. The van der Waals surface area contributed by atoms with Crippen molar-refractivity contribution in [3.8, 4) is 0 Å². The van der Waals surface area contributed by atoms with Gasteiger partial charge in [0, 0.05) is 13.2 Å². The van der Waals surface area contributed by atoms with Crippen LogP contribution in [0, 0.1) is 0 Å². The van der Waals surface area contributed by atoms with Gasteiger partial charge in [0.15, 0.2) is 0 Å². The second kappa shape index (κ2) is 6.91. The number of aryl methyl sites for hydroxylation is 2. The molecule has 0 radical (unpaired) electrons. The minimum atomic E-state index is 0.217. The molecule has 114 valence electrons. The minimum absolute atomic E-state index is 0.217. The standard InChI is InChI=1S/C20H22O2/c21-13-5-11-19-15-7-1-2-8-16(15)20(12-6-14-22)18-10-4-3-9-17(18)19/h1-4,7-10,21-22H,5-6,11-14H2. The van der Waals surface area contributed by atoms with E-state index in [9.17, 15) is 10.2 Å². The molecule has 0 aliphatic carbocycles. The lowest BCUT2D eigenvalue weighted by Gasteiger charge is -2.16. The van der Waals surface area contributed by atoms with Gasteiger partial charge in [-0.2, -0.15) is 0 Å². The van der Waals surface area contributed by atoms with Crippen LogP contribution >= 0.6 is 0 Å². The lowest BCUT2D eigenvalue weighted by atomic mass is 9.88. The average Bonchev–Trinajstić information content (AvgIpc) is 2.58. The van der Waals surface area contributed by atoms with Crippen molar-refractivity contribution in [3.05, 3.63) is 59.7 Å². The fraction of sp³-hybridized carbons (Fsp3) is 0.300. The fourth-order valence-electron chi connectivity index (χ4n) is 3.36. The van der Waals surface area contributed by atoms with E-state index in [1.165, 1.54) is 32.7 Å². The Balaban J connectivity index is 2.32. The molecule has 3 rings (SSSR count). The summed E-state index contributed by atoms with van der Waals surface area (Å²) in [6.07, 6.45) is 3.34. The molecule has 0 atom stereocenters. The molecule has 0 bridgehead atoms. The van der Waals surface area contributed by atoms with Crippen molar-refractivity contribution in [3.63, 3.8) is 0 Å². The molecule has 0 saturated carbocycles. The molecule has 0 aromatic heterocycles. The van der Waals surface area contributed by atoms with E-state index in [-0.39, 0.29) is 13.2 Å². The molecule has 0 unspecified atom stereocenters. The number of benzene rings is 3. The largest absolute Gasteiger partial charge is 0.396 e. The molecular weight excluding hydrogens is 272 g/mol. The van der Waals surface area contributed by atoms with Gasteiger partial charge in [0.1, 0.15) is 0 Å². The molecule has 0 fully saturated rings. The maximum atomic E-state index is 9.21. The number of rotatable bonds is 6. The summed E-state index contributed by atoms with van der Waals surface area (Å²) in [4.78, 5) is 0. The maximum Gasteiger partial charge on any atom is 0.0434 e. The Morgan fingerprint density at radius 3 is 1.14 bits per heavy atom. The lowest BCUT2D eigenvalue weighted by Crippen LogP contribution is -1.98. The number of fused-ring (bicyclic) bond motifs is 2. The van der Waals surface area contributed by atoms with Crippen LogP contribution in [0.25, 0.3) is 21.5 Å². The van der Waals surface area contributed by atoms with Gasteiger partial charge in [-0.05, 0) is 58.4 Å². The molecule has 0 aliphatic rings. The van der Waals surface area contributed by atoms with Crippen molar-refractivity contribution in [2.75, 3.05) is 13.2 Å². The van der Waals surface area contributed by atoms with Crippen molar-refractivity contribution in [2.24, 2.45) is 0 Å². The molecule has 0 aliphatic heterocycles. The lowest BCUT2D eigenvalue weighted by molar-refractivity contribution is 0.288. The van der Waals surface area contributed by atoms with Crippen LogP contribution in [0.1, 0.15) is 24.0 Å². The second-order valence-electron chi connectivity index (χ2n) is 5.70. The Morgan fingerprint density at radius 1 is 0.545 bits per heavy atom. The molecule has 2 heteroatoms. The Kier molecular flexibility index (Phi) is 4.71. The minimum Gasteiger partial charge on any atom is -0.396 e. The zero-order valence-corrected chi connectivity index (χ0v) is 12.8. The van der Waals surface area contributed by atoms with Gasteiger partial charge in [-0.15, -0.1) is 0 Å². The van der Waals surface area contributed by atoms with Gasteiger partial charge in [-0.3, -0.25) is 0 Å². The molecule has 3 aromatic rings. The van der Waals surface area contributed by atoms with Crippen LogP contribution in [0.4, 0.5) is 0 Å². The van der Waals surface area contributed by atoms with Crippen LogP contribution in [0.3, 0.4) is 0 Å². The molecule has 0 heterocycles. The highest BCUT2D eigenvalue weighted by molar-refractivity contribution is 6.05. The SMILES string of the molecule is OCCCc1c2ccccc2c(CCCO)c2ccccc12. The number of aliphatic hydroxyl groups is 2. The molecule has 0 saturated heterocycles. The normalized spacial score (nSPS) is 11.4. The fourth-order valence-corrected chi connectivity index (χ4v) is 3.36. The highest BCUT2D eigenvalue weighted by atomic mass is 16.3. The Labute approximate surface area is 131 Å². The zero-order valence-electron chi connectivity index (χ0n) is 12.8. The summed E-state index contributed by atoms with van der Waals surface area (Å²) in [7, 11) is 0. The highest BCUT2D eigenvalue weighted by Gasteiger charge is 2.12. The highest BCUT2D eigenvalue weighted by Crippen LogP contribution is 2.34. The van der Waals surface area contributed by atoms with E-state index in [4.69, 9.17) is 0 Å². The van der Waals surface area contributed by atoms with E-state index >= 15 is 0 Å². The van der Waals surface area contributed by atoms with E-state index in [0.29, 0.717) is 0 Å².